The third-order valence-corrected chi connectivity index (χ3v) is 3.77. The van der Waals surface area contributed by atoms with Crippen LogP contribution >= 0.6 is 0 Å². The lowest BCUT2D eigenvalue weighted by molar-refractivity contribution is -0.385. The molecule has 7 heteroatoms. The molecule has 0 bridgehead atoms. The Hall–Kier alpha value is -1.73. The summed E-state index contributed by atoms with van der Waals surface area (Å²) >= 11 is 0. The molecule has 1 aromatic heterocycles. The van der Waals surface area contributed by atoms with E-state index < -0.39 is 4.92 Å². The summed E-state index contributed by atoms with van der Waals surface area (Å²) in [5.41, 5.74) is -0.324. The summed E-state index contributed by atoms with van der Waals surface area (Å²) < 4.78 is 1.36. The number of aromatic nitrogens is 1. The summed E-state index contributed by atoms with van der Waals surface area (Å²) in [7, 11) is 0. The van der Waals surface area contributed by atoms with Gasteiger partial charge in [-0.05, 0) is 19.4 Å². The van der Waals surface area contributed by atoms with Crippen LogP contribution in [0.15, 0.2) is 23.1 Å². The van der Waals surface area contributed by atoms with Crippen LogP contribution in [0.4, 0.5) is 5.69 Å². The number of nitrogens with zero attached hydrogens (tertiary/aromatic N) is 3. The number of hydrogen-bond donors (Lipinski definition) is 1. The smallest absolute Gasteiger partial charge is 0.285 e. The zero-order valence-electron chi connectivity index (χ0n) is 11.3. The highest BCUT2D eigenvalue weighted by atomic mass is 16.6. The van der Waals surface area contributed by atoms with Crippen molar-refractivity contribution in [3.05, 3.63) is 38.8 Å². The van der Waals surface area contributed by atoms with Crippen LogP contribution in [-0.4, -0.2) is 45.2 Å². The number of aliphatic hydroxyl groups is 1. The van der Waals surface area contributed by atoms with Crippen molar-refractivity contribution in [2.45, 2.75) is 31.8 Å². The molecular weight excluding hydrogens is 262 g/mol. The van der Waals surface area contributed by atoms with Gasteiger partial charge in [0.1, 0.15) is 0 Å². The van der Waals surface area contributed by atoms with Gasteiger partial charge in [-0.3, -0.25) is 19.8 Å². The Morgan fingerprint density at radius 3 is 2.85 bits per heavy atom. The number of pyridine rings is 1. The van der Waals surface area contributed by atoms with Crippen LogP contribution in [0.3, 0.4) is 0 Å². The average Bonchev–Trinajstić information content (AvgIpc) is 2.46. The van der Waals surface area contributed by atoms with Gasteiger partial charge in [-0.15, -0.1) is 0 Å². The van der Waals surface area contributed by atoms with E-state index in [0.29, 0.717) is 13.1 Å². The summed E-state index contributed by atoms with van der Waals surface area (Å²) in [6.45, 7) is 2.03. The fourth-order valence-electron chi connectivity index (χ4n) is 2.60. The van der Waals surface area contributed by atoms with Crippen molar-refractivity contribution in [1.82, 2.24) is 9.47 Å². The highest BCUT2D eigenvalue weighted by Crippen LogP contribution is 2.16. The number of piperidine rings is 1. The van der Waals surface area contributed by atoms with Crippen molar-refractivity contribution >= 4 is 5.69 Å². The van der Waals surface area contributed by atoms with Crippen molar-refractivity contribution in [3.8, 4) is 0 Å². The Morgan fingerprint density at radius 2 is 2.15 bits per heavy atom. The maximum absolute atomic E-state index is 11.7. The van der Waals surface area contributed by atoms with Gasteiger partial charge in [-0.25, -0.2) is 0 Å². The van der Waals surface area contributed by atoms with Gasteiger partial charge in [0.15, 0.2) is 0 Å². The minimum absolute atomic E-state index is 0.0815. The zero-order valence-corrected chi connectivity index (χ0v) is 11.3. The molecule has 1 N–H and O–H groups in total. The predicted octanol–water partition coefficient (Wildman–Crippen LogP) is 0.603. The van der Waals surface area contributed by atoms with Crippen molar-refractivity contribution in [3.63, 3.8) is 0 Å². The molecule has 1 saturated heterocycles. The monoisotopic (exact) mass is 281 g/mol. The summed E-state index contributed by atoms with van der Waals surface area (Å²) in [4.78, 5) is 24.0. The van der Waals surface area contributed by atoms with Gasteiger partial charge in [0.05, 0.1) is 17.7 Å². The molecule has 20 heavy (non-hydrogen) atoms. The molecule has 1 unspecified atom stereocenters. The summed E-state index contributed by atoms with van der Waals surface area (Å²) in [5.74, 6) is 0. The number of aliphatic hydroxyl groups excluding tert-OH is 1. The van der Waals surface area contributed by atoms with E-state index in [4.69, 9.17) is 0 Å². The summed E-state index contributed by atoms with van der Waals surface area (Å²) in [5, 5.41) is 20.0. The van der Waals surface area contributed by atoms with Gasteiger partial charge < -0.3 is 9.67 Å². The number of hydrogen-bond acceptors (Lipinski definition) is 5. The molecule has 1 aliphatic heterocycles. The molecule has 110 valence electrons. The molecule has 0 radical (unpaired) electrons. The Kier molecular flexibility index (Phi) is 4.86. The summed E-state index contributed by atoms with van der Waals surface area (Å²) in [6, 6.07) is 2.58. The third kappa shape index (κ3) is 3.43. The van der Waals surface area contributed by atoms with Crippen molar-refractivity contribution < 1.29 is 10.0 Å². The number of rotatable bonds is 5. The molecule has 0 amide bonds. The van der Waals surface area contributed by atoms with E-state index in [9.17, 15) is 20.0 Å². The second kappa shape index (κ2) is 6.62. The van der Waals surface area contributed by atoms with Gasteiger partial charge in [-0.1, -0.05) is 6.42 Å². The maximum Gasteiger partial charge on any atom is 0.285 e. The van der Waals surface area contributed by atoms with E-state index in [-0.39, 0.29) is 23.9 Å². The Bertz CT molecular complexity index is 529. The van der Waals surface area contributed by atoms with E-state index in [1.54, 1.807) is 0 Å². The van der Waals surface area contributed by atoms with E-state index >= 15 is 0 Å². The Morgan fingerprint density at radius 1 is 1.35 bits per heavy atom. The molecule has 1 aromatic rings. The zero-order chi connectivity index (χ0) is 14.5. The minimum atomic E-state index is -0.507. The van der Waals surface area contributed by atoms with E-state index in [2.05, 4.69) is 4.90 Å². The highest BCUT2D eigenvalue weighted by molar-refractivity contribution is 5.24. The van der Waals surface area contributed by atoms with E-state index in [1.165, 1.54) is 22.9 Å². The van der Waals surface area contributed by atoms with E-state index in [1.807, 2.05) is 0 Å². The van der Waals surface area contributed by atoms with Crippen LogP contribution < -0.4 is 5.56 Å². The molecule has 2 heterocycles. The first-order chi connectivity index (χ1) is 9.61. The lowest BCUT2D eigenvalue weighted by Crippen LogP contribution is -2.43. The van der Waals surface area contributed by atoms with Crippen LogP contribution in [0.5, 0.6) is 0 Å². The normalized spacial score (nSPS) is 19.9. The van der Waals surface area contributed by atoms with Gasteiger partial charge in [0.2, 0.25) is 0 Å². The fourth-order valence-corrected chi connectivity index (χ4v) is 2.60. The molecule has 1 aliphatic rings. The Labute approximate surface area is 116 Å². The standard InChI is InChI=1S/C13H19N3O4/c17-10-12-3-1-2-6-14(12)7-8-15-9-11(16(19)20)4-5-13(15)18/h4-5,9,12,17H,1-3,6-8,10H2. The van der Waals surface area contributed by atoms with Gasteiger partial charge >= 0.3 is 0 Å². The molecule has 7 nitrogen and oxygen atoms in total. The Balaban J connectivity index is 2.04. The number of nitro groups is 1. The highest BCUT2D eigenvalue weighted by Gasteiger charge is 2.21. The number of likely N-dealkylation sites (tertiary alicyclic amines) is 1. The molecule has 0 aliphatic carbocycles. The first-order valence-corrected chi connectivity index (χ1v) is 6.81. The van der Waals surface area contributed by atoms with Crippen molar-refractivity contribution in [1.29, 1.82) is 0 Å². The van der Waals surface area contributed by atoms with Crippen LogP contribution in [0.1, 0.15) is 19.3 Å². The lowest BCUT2D eigenvalue weighted by atomic mass is 10.0. The first-order valence-electron chi connectivity index (χ1n) is 6.81. The SMILES string of the molecule is O=c1ccc([N+](=O)[O-])cn1CCN1CCCCC1CO. The molecule has 1 fully saturated rings. The van der Waals surface area contributed by atoms with Crippen LogP contribution in [0.2, 0.25) is 0 Å². The largest absolute Gasteiger partial charge is 0.395 e. The lowest BCUT2D eigenvalue weighted by Gasteiger charge is -2.34. The van der Waals surface area contributed by atoms with Gasteiger partial charge in [-0.2, -0.15) is 0 Å². The predicted molar refractivity (Wildman–Crippen MR) is 73.7 cm³/mol. The van der Waals surface area contributed by atoms with Gasteiger partial charge in [0, 0.05) is 31.3 Å². The van der Waals surface area contributed by atoms with Crippen molar-refractivity contribution in [2.75, 3.05) is 19.7 Å². The minimum Gasteiger partial charge on any atom is -0.395 e. The molecule has 0 aromatic carbocycles. The van der Waals surface area contributed by atoms with Crippen LogP contribution in [0, 0.1) is 10.1 Å². The van der Waals surface area contributed by atoms with Crippen LogP contribution in [-0.2, 0) is 6.54 Å². The fraction of sp³-hybridized carbons (Fsp3) is 0.615. The molecule has 0 spiro atoms. The van der Waals surface area contributed by atoms with Crippen molar-refractivity contribution in [2.24, 2.45) is 0 Å². The topological polar surface area (TPSA) is 88.6 Å². The van der Waals surface area contributed by atoms with E-state index in [0.717, 1.165) is 25.8 Å². The van der Waals surface area contributed by atoms with Crippen LogP contribution in [0.25, 0.3) is 0 Å². The second-order valence-corrected chi connectivity index (χ2v) is 5.04. The van der Waals surface area contributed by atoms with Gasteiger partial charge in [0.25, 0.3) is 11.2 Å². The first kappa shape index (κ1) is 14.7. The quantitative estimate of drug-likeness (QED) is 0.631. The molecular formula is C13H19N3O4. The molecule has 1 atom stereocenters. The molecule has 2 rings (SSSR count). The summed E-state index contributed by atoms with van der Waals surface area (Å²) in [6.07, 6.45) is 4.43. The molecule has 0 saturated carbocycles. The average molecular weight is 281 g/mol. The maximum atomic E-state index is 11.7. The third-order valence-electron chi connectivity index (χ3n) is 3.77. The second-order valence-electron chi connectivity index (χ2n) is 5.04.